The van der Waals surface area contributed by atoms with Crippen LogP contribution in [0.3, 0.4) is 0 Å². The summed E-state index contributed by atoms with van der Waals surface area (Å²) in [7, 11) is 1.61. The molecule has 4 heteroatoms. The molecule has 0 spiro atoms. The van der Waals surface area contributed by atoms with Crippen molar-refractivity contribution in [1.29, 1.82) is 0 Å². The molecule has 0 saturated heterocycles. The summed E-state index contributed by atoms with van der Waals surface area (Å²) >= 11 is 0. The van der Waals surface area contributed by atoms with E-state index in [0.717, 1.165) is 18.4 Å². The van der Waals surface area contributed by atoms with Gasteiger partial charge in [-0.05, 0) is 12.5 Å². The lowest BCUT2D eigenvalue weighted by Gasteiger charge is -2.11. The first-order valence-corrected chi connectivity index (χ1v) is 5.64. The topological polar surface area (TPSA) is 54.4 Å². The monoisotopic (exact) mass is 224 g/mol. The third kappa shape index (κ3) is 4.16. The summed E-state index contributed by atoms with van der Waals surface area (Å²) in [5.41, 5.74) is 1.01. The molecular weight excluding hydrogens is 204 g/mol. The van der Waals surface area contributed by atoms with E-state index < -0.39 is 0 Å². The van der Waals surface area contributed by atoms with Crippen LogP contribution in [0.5, 0.6) is 5.88 Å². The molecule has 0 amide bonds. The van der Waals surface area contributed by atoms with Crippen molar-refractivity contribution in [3.63, 3.8) is 0 Å². The number of rotatable bonds is 7. The Labute approximate surface area is 96.7 Å². The van der Waals surface area contributed by atoms with Crippen LogP contribution in [0, 0.1) is 0 Å². The lowest BCUT2D eigenvalue weighted by Crippen LogP contribution is -2.26. The second-order valence-corrected chi connectivity index (χ2v) is 3.75. The molecular formula is C12H20N2O2. The van der Waals surface area contributed by atoms with Gasteiger partial charge in [0.25, 0.3) is 0 Å². The molecule has 0 aliphatic rings. The molecule has 4 nitrogen and oxygen atoms in total. The molecule has 1 rings (SSSR count). The van der Waals surface area contributed by atoms with Gasteiger partial charge in [-0.3, -0.25) is 0 Å². The van der Waals surface area contributed by atoms with E-state index in [9.17, 15) is 5.11 Å². The highest BCUT2D eigenvalue weighted by molar-refractivity contribution is 5.24. The SMILES string of the molecule is CCCC(O)CNCc1cccnc1OC. The fourth-order valence-electron chi connectivity index (χ4n) is 1.55. The molecule has 0 aromatic carbocycles. The molecule has 1 aromatic rings. The summed E-state index contributed by atoms with van der Waals surface area (Å²) in [5.74, 6) is 0.639. The van der Waals surface area contributed by atoms with Crippen LogP contribution >= 0.6 is 0 Å². The predicted molar refractivity (Wildman–Crippen MR) is 63.4 cm³/mol. The van der Waals surface area contributed by atoms with E-state index in [0.29, 0.717) is 19.0 Å². The Balaban J connectivity index is 2.36. The Hall–Kier alpha value is -1.13. The molecule has 0 bridgehead atoms. The number of aliphatic hydroxyl groups is 1. The summed E-state index contributed by atoms with van der Waals surface area (Å²) in [6.07, 6.45) is 3.26. The minimum absolute atomic E-state index is 0.271. The van der Waals surface area contributed by atoms with Crippen LogP contribution in [-0.4, -0.2) is 29.8 Å². The highest BCUT2D eigenvalue weighted by atomic mass is 16.5. The quantitative estimate of drug-likeness (QED) is 0.734. The molecule has 1 heterocycles. The molecule has 0 aliphatic heterocycles. The van der Waals surface area contributed by atoms with Crippen molar-refractivity contribution in [2.75, 3.05) is 13.7 Å². The van der Waals surface area contributed by atoms with E-state index in [4.69, 9.17) is 4.74 Å². The second-order valence-electron chi connectivity index (χ2n) is 3.75. The van der Waals surface area contributed by atoms with Crippen molar-refractivity contribution < 1.29 is 9.84 Å². The van der Waals surface area contributed by atoms with Crippen molar-refractivity contribution in [3.05, 3.63) is 23.9 Å². The van der Waals surface area contributed by atoms with Gasteiger partial charge in [-0.25, -0.2) is 4.98 Å². The zero-order chi connectivity index (χ0) is 11.8. The number of methoxy groups -OCH3 is 1. The van der Waals surface area contributed by atoms with E-state index in [1.807, 2.05) is 12.1 Å². The number of hydrogen-bond donors (Lipinski definition) is 2. The largest absolute Gasteiger partial charge is 0.481 e. The number of nitrogens with zero attached hydrogens (tertiary/aromatic N) is 1. The Morgan fingerprint density at radius 3 is 3.06 bits per heavy atom. The molecule has 1 unspecified atom stereocenters. The average molecular weight is 224 g/mol. The van der Waals surface area contributed by atoms with Gasteiger partial charge in [-0.15, -0.1) is 0 Å². The summed E-state index contributed by atoms with van der Waals surface area (Å²) in [4.78, 5) is 4.11. The maximum absolute atomic E-state index is 9.54. The fraction of sp³-hybridized carbons (Fsp3) is 0.583. The molecule has 90 valence electrons. The van der Waals surface area contributed by atoms with Crippen molar-refractivity contribution in [2.24, 2.45) is 0 Å². The minimum Gasteiger partial charge on any atom is -0.481 e. The van der Waals surface area contributed by atoms with Crippen LogP contribution in [0.15, 0.2) is 18.3 Å². The van der Waals surface area contributed by atoms with Crippen LogP contribution in [0.2, 0.25) is 0 Å². The number of aromatic nitrogens is 1. The molecule has 1 atom stereocenters. The molecule has 0 saturated carbocycles. The van der Waals surface area contributed by atoms with E-state index in [-0.39, 0.29) is 6.10 Å². The lowest BCUT2D eigenvalue weighted by atomic mass is 10.2. The van der Waals surface area contributed by atoms with Gasteiger partial charge in [-0.2, -0.15) is 0 Å². The van der Waals surface area contributed by atoms with Gasteiger partial charge in [0.15, 0.2) is 0 Å². The molecule has 0 fully saturated rings. The fourth-order valence-corrected chi connectivity index (χ4v) is 1.55. The first kappa shape index (κ1) is 12.9. The number of hydrogen-bond acceptors (Lipinski definition) is 4. The van der Waals surface area contributed by atoms with Crippen molar-refractivity contribution in [1.82, 2.24) is 10.3 Å². The summed E-state index contributed by atoms with van der Waals surface area (Å²) in [6.45, 7) is 3.33. The molecule has 0 radical (unpaired) electrons. The zero-order valence-corrected chi connectivity index (χ0v) is 9.94. The minimum atomic E-state index is -0.271. The molecule has 0 aliphatic carbocycles. The second kappa shape index (κ2) is 7.19. The van der Waals surface area contributed by atoms with Gasteiger partial charge in [0, 0.05) is 24.8 Å². The smallest absolute Gasteiger partial charge is 0.217 e. The van der Waals surface area contributed by atoms with Crippen molar-refractivity contribution >= 4 is 0 Å². The van der Waals surface area contributed by atoms with Crippen LogP contribution in [-0.2, 0) is 6.54 Å². The first-order valence-electron chi connectivity index (χ1n) is 5.64. The predicted octanol–water partition coefficient (Wildman–Crippen LogP) is 1.34. The molecule has 16 heavy (non-hydrogen) atoms. The maximum atomic E-state index is 9.54. The van der Waals surface area contributed by atoms with Gasteiger partial charge >= 0.3 is 0 Å². The normalized spacial score (nSPS) is 12.4. The van der Waals surface area contributed by atoms with Gasteiger partial charge in [0.2, 0.25) is 5.88 Å². The standard InChI is InChI=1S/C12H20N2O2/c1-3-5-11(15)9-13-8-10-6-4-7-14-12(10)16-2/h4,6-7,11,13,15H,3,5,8-9H2,1-2H3. The van der Waals surface area contributed by atoms with Crippen molar-refractivity contribution in [3.8, 4) is 5.88 Å². The lowest BCUT2D eigenvalue weighted by molar-refractivity contribution is 0.160. The van der Waals surface area contributed by atoms with Gasteiger partial charge < -0.3 is 15.2 Å². The van der Waals surface area contributed by atoms with Gasteiger partial charge in [0.1, 0.15) is 0 Å². The number of aliphatic hydroxyl groups excluding tert-OH is 1. The first-order chi connectivity index (χ1) is 7.77. The van der Waals surface area contributed by atoms with E-state index in [2.05, 4.69) is 17.2 Å². The van der Waals surface area contributed by atoms with Crippen LogP contribution in [0.4, 0.5) is 0 Å². The number of pyridine rings is 1. The van der Waals surface area contributed by atoms with Crippen LogP contribution in [0.1, 0.15) is 25.3 Å². The summed E-state index contributed by atoms with van der Waals surface area (Å²) < 4.78 is 5.14. The number of ether oxygens (including phenoxy) is 1. The Morgan fingerprint density at radius 2 is 2.38 bits per heavy atom. The Kier molecular flexibility index (Phi) is 5.82. The van der Waals surface area contributed by atoms with Gasteiger partial charge in [0.05, 0.1) is 13.2 Å². The van der Waals surface area contributed by atoms with Crippen molar-refractivity contribution in [2.45, 2.75) is 32.4 Å². The summed E-state index contributed by atoms with van der Waals surface area (Å²) in [5, 5.41) is 12.7. The molecule has 1 aromatic heterocycles. The van der Waals surface area contributed by atoms with Crippen LogP contribution in [0.25, 0.3) is 0 Å². The van der Waals surface area contributed by atoms with Crippen LogP contribution < -0.4 is 10.1 Å². The summed E-state index contributed by atoms with van der Waals surface area (Å²) in [6, 6.07) is 3.84. The number of nitrogens with one attached hydrogen (secondary N) is 1. The third-order valence-corrected chi connectivity index (χ3v) is 2.36. The highest BCUT2D eigenvalue weighted by Gasteiger charge is 2.05. The zero-order valence-electron chi connectivity index (χ0n) is 9.94. The highest BCUT2D eigenvalue weighted by Crippen LogP contribution is 2.12. The Bertz CT molecular complexity index is 305. The van der Waals surface area contributed by atoms with E-state index in [1.54, 1.807) is 13.3 Å². The third-order valence-electron chi connectivity index (χ3n) is 2.36. The van der Waals surface area contributed by atoms with Gasteiger partial charge in [-0.1, -0.05) is 19.4 Å². The van der Waals surface area contributed by atoms with E-state index >= 15 is 0 Å². The molecule has 2 N–H and O–H groups in total. The maximum Gasteiger partial charge on any atom is 0.217 e. The van der Waals surface area contributed by atoms with E-state index in [1.165, 1.54) is 0 Å². The average Bonchev–Trinajstić information content (AvgIpc) is 2.30. The Morgan fingerprint density at radius 1 is 1.56 bits per heavy atom.